The Morgan fingerprint density at radius 3 is 2.95 bits per heavy atom. The van der Waals surface area contributed by atoms with Gasteiger partial charge >= 0.3 is 5.97 Å². The normalized spacial score (nSPS) is 33.2. The summed E-state index contributed by atoms with van der Waals surface area (Å²) in [6.07, 6.45) is -0.622. The van der Waals surface area contributed by atoms with Crippen molar-refractivity contribution in [2.75, 3.05) is 13.2 Å². The molecular formula is C14H18N2O4. The number of aliphatic hydroxyl groups is 1. The van der Waals surface area contributed by atoms with E-state index in [1.165, 1.54) is 0 Å². The molecule has 0 amide bonds. The first kappa shape index (κ1) is 13.5. The highest BCUT2D eigenvalue weighted by atomic mass is 16.7. The van der Waals surface area contributed by atoms with Crippen LogP contribution in [-0.2, 0) is 20.9 Å². The van der Waals surface area contributed by atoms with E-state index in [9.17, 15) is 9.90 Å². The molecule has 0 aliphatic carbocycles. The third kappa shape index (κ3) is 1.92. The summed E-state index contributed by atoms with van der Waals surface area (Å²) in [7, 11) is 0. The Balaban J connectivity index is 1.87. The number of fused-ring (bicyclic) bond motifs is 1. The first-order valence-corrected chi connectivity index (χ1v) is 6.60. The number of rotatable bonds is 3. The van der Waals surface area contributed by atoms with Gasteiger partial charge in [-0.25, -0.2) is 0 Å². The minimum atomic E-state index is -0.978. The van der Waals surface area contributed by atoms with Crippen LogP contribution >= 0.6 is 0 Å². The number of carbonyl (C=O) groups is 1. The number of hydrogen-bond acceptors (Lipinski definition) is 6. The second-order valence-corrected chi connectivity index (χ2v) is 5.40. The van der Waals surface area contributed by atoms with Crippen LogP contribution in [0.5, 0.6) is 0 Å². The number of nitrogens with two attached hydrogens (primary N) is 1. The molecular weight excluding hydrogens is 260 g/mol. The van der Waals surface area contributed by atoms with E-state index in [1.54, 1.807) is 5.06 Å². The molecule has 1 aromatic carbocycles. The second-order valence-electron chi connectivity index (χ2n) is 5.40. The molecule has 6 heteroatoms. The number of ether oxygens (including phenoxy) is 1. The molecule has 108 valence electrons. The van der Waals surface area contributed by atoms with Crippen LogP contribution in [0.2, 0.25) is 0 Å². The van der Waals surface area contributed by atoms with Gasteiger partial charge in [-0.05, 0) is 18.1 Å². The van der Waals surface area contributed by atoms with Crippen molar-refractivity contribution in [1.29, 1.82) is 0 Å². The summed E-state index contributed by atoms with van der Waals surface area (Å²) < 4.78 is 5.06. The summed E-state index contributed by atoms with van der Waals surface area (Å²) in [5.74, 6) is -0.392. The fourth-order valence-electron chi connectivity index (χ4n) is 2.84. The van der Waals surface area contributed by atoms with Gasteiger partial charge in [-0.2, -0.15) is 5.06 Å². The lowest BCUT2D eigenvalue weighted by molar-refractivity contribution is -0.193. The summed E-state index contributed by atoms with van der Waals surface area (Å²) in [4.78, 5) is 17.6. The van der Waals surface area contributed by atoms with Crippen LogP contribution in [0.3, 0.4) is 0 Å². The van der Waals surface area contributed by atoms with E-state index >= 15 is 0 Å². The number of hydroxylamine groups is 2. The van der Waals surface area contributed by atoms with Crippen LogP contribution in [0.15, 0.2) is 24.3 Å². The largest absolute Gasteiger partial charge is 0.462 e. The lowest BCUT2D eigenvalue weighted by atomic mass is 9.89. The molecule has 0 radical (unpaired) electrons. The molecule has 3 rings (SSSR count). The predicted octanol–water partition coefficient (Wildman–Crippen LogP) is -0.274. The zero-order valence-electron chi connectivity index (χ0n) is 11.3. The maximum atomic E-state index is 11.9. The van der Waals surface area contributed by atoms with E-state index < -0.39 is 23.7 Å². The Labute approximate surface area is 117 Å². The van der Waals surface area contributed by atoms with Gasteiger partial charge in [-0.1, -0.05) is 24.3 Å². The van der Waals surface area contributed by atoms with Gasteiger partial charge in [0.15, 0.2) is 6.04 Å². The summed E-state index contributed by atoms with van der Waals surface area (Å²) in [6.45, 7) is 2.26. The van der Waals surface area contributed by atoms with Crippen molar-refractivity contribution in [2.45, 2.75) is 31.2 Å². The van der Waals surface area contributed by atoms with Crippen LogP contribution in [0.25, 0.3) is 0 Å². The summed E-state index contributed by atoms with van der Waals surface area (Å²) in [5.41, 5.74) is 7.40. The van der Waals surface area contributed by atoms with Crippen molar-refractivity contribution in [2.24, 2.45) is 5.73 Å². The Morgan fingerprint density at radius 2 is 2.25 bits per heavy atom. The monoisotopic (exact) mass is 278 g/mol. The summed E-state index contributed by atoms with van der Waals surface area (Å²) >= 11 is 0. The van der Waals surface area contributed by atoms with E-state index in [4.69, 9.17) is 15.3 Å². The average molecular weight is 278 g/mol. The molecule has 6 nitrogen and oxygen atoms in total. The molecule has 20 heavy (non-hydrogen) atoms. The van der Waals surface area contributed by atoms with Gasteiger partial charge in [0.1, 0.15) is 18.2 Å². The van der Waals surface area contributed by atoms with E-state index in [-0.39, 0.29) is 13.2 Å². The zero-order valence-corrected chi connectivity index (χ0v) is 11.3. The lowest BCUT2D eigenvalue weighted by Crippen LogP contribution is -2.58. The summed E-state index contributed by atoms with van der Waals surface area (Å²) in [6, 6.07) is 7.20. The van der Waals surface area contributed by atoms with Crippen LogP contribution in [0.4, 0.5) is 0 Å². The molecule has 2 fully saturated rings. The number of aryl methyl sites for hydroxylation is 1. The third-order valence-electron chi connectivity index (χ3n) is 4.10. The molecule has 0 saturated carbocycles. The highest BCUT2D eigenvalue weighted by molar-refractivity contribution is 5.80. The number of hydrogen-bond donors (Lipinski definition) is 2. The number of aliphatic hydroxyl groups excluding tert-OH is 1. The first-order valence-electron chi connectivity index (χ1n) is 6.60. The standard InChI is InChI=1S/C14H18N2O4/c1-9-4-2-3-5-10(9)6-16-12-13(18)19-8-14(12,15)11(7-17)20-16/h2-5,11-12,17H,6-8,15H2,1H3/t11?,12-,14+/m1/s1. The Kier molecular flexibility index (Phi) is 3.25. The molecule has 1 unspecified atom stereocenters. The van der Waals surface area contributed by atoms with Gasteiger partial charge in [0.25, 0.3) is 0 Å². The fourth-order valence-corrected chi connectivity index (χ4v) is 2.84. The maximum Gasteiger partial charge on any atom is 0.328 e. The fraction of sp³-hybridized carbons (Fsp3) is 0.500. The Hall–Kier alpha value is -1.47. The molecule has 3 atom stereocenters. The molecule has 2 aliphatic heterocycles. The van der Waals surface area contributed by atoms with Crippen LogP contribution < -0.4 is 5.73 Å². The quantitative estimate of drug-likeness (QED) is 0.740. The van der Waals surface area contributed by atoms with Gasteiger partial charge in [-0.3, -0.25) is 9.63 Å². The van der Waals surface area contributed by atoms with Crippen molar-refractivity contribution in [3.8, 4) is 0 Å². The van der Waals surface area contributed by atoms with E-state index in [2.05, 4.69) is 0 Å². The molecule has 2 aliphatic rings. The van der Waals surface area contributed by atoms with Crippen LogP contribution in [0, 0.1) is 6.92 Å². The SMILES string of the molecule is Cc1ccccc1CN1OC(CO)[C@@]2(N)COC(=O)[C@@H]12. The molecule has 0 bridgehead atoms. The molecule has 0 spiro atoms. The minimum Gasteiger partial charge on any atom is -0.462 e. The maximum absolute atomic E-state index is 11.9. The number of esters is 1. The van der Waals surface area contributed by atoms with Crippen molar-refractivity contribution < 1.29 is 19.5 Å². The van der Waals surface area contributed by atoms with Crippen LogP contribution in [0.1, 0.15) is 11.1 Å². The Bertz CT molecular complexity index is 536. The van der Waals surface area contributed by atoms with E-state index in [0.29, 0.717) is 6.54 Å². The van der Waals surface area contributed by atoms with Gasteiger partial charge in [-0.15, -0.1) is 0 Å². The molecule has 2 saturated heterocycles. The van der Waals surface area contributed by atoms with Crippen molar-refractivity contribution in [1.82, 2.24) is 5.06 Å². The van der Waals surface area contributed by atoms with Gasteiger partial charge < -0.3 is 15.6 Å². The lowest BCUT2D eigenvalue weighted by Gasteiger charge is -2.22. The number of carbonyl (C=O) groups excluding carboxylic acids is 1. The average Bonchev–Trinajstić information content (AvgIpc) is 2.88. The number of benzene rings is 1. The van der Waals surface area contributed by atoms with Crippen LogP contribution in [-0.4, -0.2) is 47.0 Å². The topological polar surface area (TPSA) is 85.0 Å². The number of nitrogens with zero attached hydrogens (tertiary/aromatic N) is 1. The van der Waals surface area contributed by atoms with Crippen molar-refractivity contribution in [3.63, 3.8) is 0 Å². The predicted molar refractivity (Wildman–Crippen MR) is 70.3 cm³/mol. The minimum absolute atomic E-state index is 0.0754. The highest BCUT2D eigenvalue weighted by Crippen LogP contribution is 2.36. The van der Waals surface area contributed by atoms with E-state index in [0.717, 1.165) is 11.1 Å². The van der Waals surface area contributed by atoms with E-state index in [1.807, 2.05) is 31.2 Å². The number of cyclic esters (lactones) is 1. The second kappa shape index (κ2) is 4.82. The smallest absolute Gasteiger partial charge is 0.328 e. The molecule has 2 heterocycles. The van der Waals surface area contributed by atoms with Gasteiger partial charge in [0, 0.05) is 0 Å². The third-order valence-corrected chi connectivity index (χ3v) is 4.10. The van der Waals surface area contributed by atoms with Gasteiger partial charge in [0.05, 0.1) is 13.2 Å². The molecule has 3 N–H and O–H groups in total. The molecule has 0 aromatic heterocycles. The zero-order chi connectivity index (χ0) is 14.3. The van der Waals surface area contributed by atoms with Gasteiger partial charge in [0.2, 0.25) is 0 Å². The first-order chi connectivity index (χ1) is 9.56. The molecule has 1 aromatic rings. The Morgan fingerprint density at radius 1 is 1.50 bits per heavy atom. The highest BCUT2D eigenvalue weighted by Gasteiger charge is 2.62. The van der Waals surface area contributed by atoms with Crippen molar-refractivity contribution >= 4 is 5.97 Å². The van der Waals surface area contributed by atoms with Crippen molar-refractivity contribution in [3.05, 3.63) is 35.4 Å². The summed E-state index contributed by atoms with van der Waals surface area (Å²) in [5, 5.41) is 10.9.